The Hall–Kier alpha value is -0.950. The van der Waals surface area contributed by atoms with E-state index in [4.69, 9.17) is 4.42 Å². The summed E-state index contributed by atoms with van der Waals surface area (Å²) in [5, 5.41) is 9.44. The first-order valence-electron chi connectivity index (χ1n) is 4.11. The Kier molecular flexibility index (Phi) is 3.22. The van der Waals surface area contributed by atoms with E-state index < -0.39 is 15.1 Å². The quantitative estimate of drug-likeness (QED) is 0.760. The molecule has 0 aliphatic carbocycles. The maximum atomic E-state index is 11.2. The predicted molar refractivity (Wildman–Crippen MR) is 50.3 cm³/mol. The van der Waals surface area contributed by atoms with Crippen molar-refractivity contribution in [2.75, 3.05) is 13.3 Å². The molecule has 7 heteroatoms. The van der Waals surface area contributed by atoms with Crippen LogP contribution in [0.15, 0.2) is 4.42 Å². The molecule has 80 valence electrons. The third-order valence-electron chi connectivity index (χ3n) is 1.80. The van der Waals surface area contributed by atoms with Gasteiger partial charge in [0.2, 0.25) is 11.8 Å². The molecule has 0 spiro atoms. The lowest BCUT2D eigenvalue weighted by Gasteiger charge is -2.02. The summed E-state index contributed by atoms with van der Waals surface area (Å²) in [7, 11) is -1.43. The molecule has 1 heterocycles. The van der Waals surface area contributed by atoms with Gasteiger partial charge >= 0.3 is 0 Å². The van der Waals surface area contributed by atoms with Gasteiger partial charge in [0.15, 0.2) is 9.84 Å². The summed E-state index contributed by atoms with van der Waals surface area (Å²) in [6.45, 7) is 1.95. The van der Waals surface area contributed by atoms with Gasteiger partial charge in [0.05, 0.1) is 6.54 Å². The first-order chi connectivity index (χ1) is 6.45. The topological polar surface area (TPSA) is 85.1 Å². The van der Waals surface area contributed by atoms with Crippen molar-refractivity contribution in [3.8, 4) is 0 Å². The summed E-state index contributed by atoms with van der Waals surface area (Å²) in [6.07, 6.45) is 1.14. The fraction of sp³-hybridized carbons (Fsp3) is 0.714. The number of hydrogen-bond donors (Lipinski definition) is 1. The smallest absolute Gasteiger partial charge is 0.234 e. The van der Waals surface area contributed by atoms with E-state index in [2.05, 4.69) is 15.5 Å². The van der Waals surface area contributed by atoms with E-state index >= 15 is 0 Å². The highest BCUT2D eigenvalue weighted by Crippen LogP contribution is 2.18. The first kappa shape index (κ1) is 11.1. The number of nitrogens with one attached hydrogen (secondary N) is 1. The van der Waals surface area contributed by atoms with Crippen LogP contribution in [0, 0.1) is 0 Å². The van der Waals surface area contributed by atoms with Gasteiger partial charge in [-0.05, 0) is 14.0 Å². The molecule has 1 aromatic heterocycles. The van der Waals surface area contributed by atoms with Crippen LogP contribution >= 0.6 is 0 Å². The van der Waals surface area contributed by atoms with Crippen molar-refractivity contribution in [2.24, 2.45) is 0 Å². The zero-order chi connectivity index (χ0) is 10.8. The van der Waals surface area contributed by atoms with Crippen molar-refractivity contribution < 1.29 is 12.8 Å². The summed E-state index contributed by atoms with van der Waals surface area (Å²) in [5.74, 6) is 0.524. The molecule has 0 saturated heterocycles. The summed E-state index contributed by atoms with van der Waals surface area (Å²) in [5.41, 5.74) is 0. The zero-order valence-corrected chi connectivity index (χ0v) is 9.13. The molecule has 6 nitrogen and oxygen atoms in total. The third kappa shape index (κ3) is 2.52. The lowest BCUT2D eigenvalue weighted by atomic mass is 10.5. The summed E-state index contributed by atoms with van der Waals surface area (Å²) < 4.78 is 27.5. The van der Waals surface area contributed by atoms with Crippen LogP contribution in [0.2, 0.25) is 0 Å². The van der Waals surface area contributed by atoms with E-state index in [0.29, 0.717) is 12.4 Å². The zero-order valence-electron chi connectivity index (χ0n) is 8.31. The fourth-order valence-electron chi connectivity index (χ4n) is 0.837. The van der Waals surface area contributed by atoms with Gasteiger partial charge in [-0.15, -0.1) is 10.2 Å². The number of nitrogens with zero attached hydrogens (tertiary/aromatic N) is 2. The van der Waals surface area contributed by atoms with E-state index in [0.717, 1.165) is 6.26 Å². The molecular weight excluding hydrogens is 206 g/mol. The van der Waals surface area contributed by atoms with Crippen LogP contribution in [-0.4, -0.2) is 31.9 Å². The summed E-state index contributed by atoms with van der Waals surface area (Å²) >= 11 is 0. The number of hydrogen-bond acceptors (Lipinski definition) is 6. The van der Waals surface area contributed by atoms with Crippen LogP contribution in [0.1, 0.15) is 24.0 Å². The van der Waals surface area contributed by atoms with Crippen LogP contribution in [0.5, 0.6) is 0 Å². The number of sulfone groups is 1. The largest absolute Gasteiger partial charge is 0.422 e. The molecule has 1 rings (SSSR count). The van der Waals surface area contributed by atoms with Gasteiger partial charge in [0.25, 0.3) is 0 Å². The Morgan fingerprint density at radius 1 is 1.50 bits per heavy atom. The Morgan fingerprint density at radius 2 is 2.14 bits per heavy atom. The minimum absolute atomic E-state index is 0.137. The first-order valence-corrected chi connectivity index (χ1v) is 6.06. The van der Waals surface area contributed by atoms with Crippen molar-refractivity contribution in [3.05, 3.63) is 11.8 Å². The normalized spacial score (nSPS) is 14.2. The van der Waals surface area contributed by atoms with Gasteiger partial charge in [-0.25, -0.2) is 8.42 Å². The van der Waals surface area contributed by atoms with Crippen LogP contribution in [0.4, 0.5) is 0 Å². The van der Waals surface area contributed by atoms with E-state index in [1.54, 1.807) is 7.05 Å². The highest BCUT2D eigenvalue weighted by atomic mass is 32.2. The Morgan fingerprint density at radius 3 is 2.64 bits per heavy atom. The van der Waals surface area contributed by atoms with Crippen molar-refractivity contribution in [3.63, 3.8) is 0 Å². The van der Waals surface area contributed by atoms with E-state index in [1.165, 1.54) is 6.92 Å². The van der Waals surface area contributed by atoms with Gasteiger partial charge in [0, 0.05) is 6.26 Å². The van der Waals surface area contributed by atoms with Gasteiger partial charge in [-0.3, -0.25) is 0 Å². The SMILES string of the molecule is CNCc1nnc(C(C)S(C)(=O)=O)o1. The molecule has 0 radical (unpaired) electrons. The highest BCUT2D eigenvalue weighted by molar-refractivity contribution is 7.90. The standard InChI is InChI=1S/C7H13N3O3S/c1-5(14(3,11)12)7-10-9-6(13-7)4-8-2/h5,8H,4H2,1-3H3. The van der Waals surface area contributed by atoms with Gasteiger partial charge in [0.1, 0.15) is 5.25 Å². The predicted octanol–water partition coefficient (Wildman–Crippen LogP) is -0.105. The van der Waals surface area contributed by atoms with Gasteiger partial charge in [-0.1, -0.05) is 0 Å². The minimum atomic E-state index is -3.17. The van der Waals surface area contributed by atoms with Crippen LogP contribution in [0.25, 0.3) is 0 Å². The van der Waals surface area contributed by atoms with Crippen LogP contribution in [0.3, 0.4) is 0 Å². The van der Waals surface area contributed by atoms with E-state index in [9.17, 15) is 8.42 Å². The second kappa shape index (κ2) is 4.05. The van der Waals surface area contributed by atoms with Crippen molar-refractivity contribution in [2.45, 2.75) is 18.7 Å². The molecule has 0 amide bonds. The molecule has 14 heavy (non-hydrogen) atoms. The van der Waals surface area contributed by atoms with Crippen LogP contribution < -0.4 is 5.32 Å². The minimum Gasteiger partial charge on any atom is -0.422 e. The molecular formula is C7H13N3O3S. The molecule has 1 unspecified atom stereocenters. The lowest BCUT2D eigenvalue weighted by Crippen LogP contribution is -2.08. The van der Waals surface area contributed by atoms with E-state index in [-0.39, 0.29) is 5.89 Å². The van der Waals surface area contributed by atoms with Crippen LogP contribution in [-0.2, 0) is 16.4 Å². The average molecular weight is 219 g/mol. The van der Waals surface area contributed by atoms with Crippen molar-refractivity contribution >= 4 is 9.84 Å². The molecule has 0 fully saturated rings. The Labute approximate surface area is 82.6 Å². The average Bonchev–Trinajstić information content (AvgIpc) is 2.50. The lowest BCUT2D eigenvalue weighted by molar-refractivity contribution is 0.436. The monoisotopic (exact) mass is 219 g/mol. The molecule has 1 aromatic rings. The van der Waals surface area contributed by atoms with Crippen molar-refractivity contribution in [1.82, 2.24) is 15.5 Å². The molecule has 0 saturated carbocycles. The van der Waals surface area contributed by atoms with Gasteiger partial charge in [-0.2, -0.15) is 0 Å². The fourth-order valence-corrected chi connectivity index (χ4v) is 1.30. The second-order valence-electron chi connectivity index (χ2n) is 3.04. The third-order valence-corrected chi connectivity index (χ3v) is 3.29. The molecule has 0 bridgehead atoms. The highest BCUT2D eigenvalue weighted by Gasteiger charge is 2.23. The van der Waals surface area contributed by atoms with E-state index in [1.807, 2.05) is 0 Å². The van der Waals surface area contributed by atoms with Gasteiger partial charge < -0.3 is 9.73 Å². The second-order valence-corrected chi connectivity index (χ2v) is 5.40. The molecule has 1 N–H and O–H groups in total. The maximum absolute atomic E-state index is 11.2. The molecule has 0 aromatic carbocycles. The molecule has 0 aliphatic rings. The maximum Gasteiger partial charge on any atom is 0.234 e. The summed E-state index contributed by atoms with van der Waals surface area (Å²) in [6, 6.07) is 0. The Balaban J connectivity index is 2.87. The molecule has 1 atom stereocenters. The van der Waals surface area contributed by atoms with Crippen molar-refractivity contribution in [1.29, 1.82) is 0 Å². The summed E-state index contributed by atoms with van der Waals surface area (Å²) in [4.78, 5) is 0. The molecule has 0 aliphatic heterocycles. The Bertz CT molecular complexity index is 398. The number of rotatable bonds is 4. The number of aromatic nitrogens is 2.